The minimum atomic E-state index is -0.0841. The first-order valence-electron chi connectivity index (χ1n) is 4.83. The van der Waals surface area contributed by atoms with Crippen LogP contribution in [-0.4, -0.2) is 24.5 Å². The number of nitrogens with zero attached hydrogens (tertiary/aromatic N) is 1. The van der Waals surface area contributed by atoms with E-state index in [1.54, 1.807) is 11.9 Å². The number of hydrogen-bond acceptors (Lipinski definition) is 1. The van der Waals surface area contributed by atoms with E-state index in [2.05, 4.69) is 21.2 Å². The maximum atomic E-state index is 11.5. The summed E-state index contributed by atoms with van der Waals surface area (Å²) in [6.45, 7) is 4.62. The Labute approximate surface area is 98.6 Å². The molecular weight excluding hydrogens is 256 g/mol. The standard InChI is InChI=1S/C11H15BrN2O/c1-4-14(3)11(15)13-9-5-6-10(12)8(2)7-9/h5-7H,4H2,1-3H3,(H,13,15). The number of aryl methyl sites for hydroxylation is 1. The lowest BCUT2D eigenvalue weighted by molar-refractivity contribution is 0.224. The van der Waals surface area contributed by atoms with Gasteiger partial charge in [0.15, 0.2) is 0 Å². The molecule has 82 valence electrons. The van der Waals surface area contributed by atoms with E-state index in [1.165, 1.54) is 0 Å². The maximum absolute atomic E-state index is 11.5. The number of nitrogens with one attached hydrogen (secondary N) is 1. The van der Waals surface area contributed by atoms with Gasteiger partial charge >= 0.3 is 6.03 Å². The highest BCUT2D eigenvalue weighted by atomic mass is 79.9. The maximum Gasteiger partial charge on any atom is 0.321 e. The SMILES string of the molecule is CCN(C)C(=O)Nc1ccc(Br)c(C)c1. The first kappa shape index (κ1) is 12.0. The summed E-state index contributed by atoms with van der Waals surface area (Å²) in [6.07, 6.45) is 0. The van der Waals surface area contributed by atoms with Gasteiger partial charge in [0, 0.05) is 23.8 Å². The van der Waals surface area contributed by atoms with Gasteiger partial charge in [-0.1, -0.05) is 15.9 Å². The second-order valence-electron chi connectivity index (χ2n) is 3.41. The minimum Gasteiger partial charge on any atom is -0.328 e. The molecule has 0 radical (unpaired) electrons. The number of hydrogen-bond donors (Lipinski definition) is 1. The van der Waals surface area contributed by atoms with Crippen LogP contribution in [0.3, 0.4) is 0 Å². The second kappa shape index (κ2) is 5.16. The summed E-state index contributed by atoms with van der Waals surface area (Å²) in [6, 6.07) is 5.65. The smallest absolute Gasteiger partial charge is 0.321 e. The molecule has 3 nitrogen and oxygen atoms in total. The van der Waals surface area contributed by atoms with Crippen molar-refractivity contribution in [3.63, 3.8) is 0 Å². The lowest BCUT2D eigenvalue weighted by atomic mass is 10.2. The molecule has 0 spiro atoms. The van der Waals surface area contributed by atoms with Crippen LogP contribution >= 0.6 is 15.9 Å². The molecule has 1 N–H and O–H groups in total. The number of benzene rings is 1. The minimum absolute atomic E-state index is 0.0841. The van der Waals surface area contributed by atoms with E-state index in [-0.39, 0.29) is 6.03 Å². The molecule has 0 aliphatic carbocycles. The molecule has 1 aromatic rings. The van der Waals surface area contributed by atoms with Crippen molar-refractivity contribution < 1.29 is 4.79 Å². The Hall–Kier alpha value is -1.03. The molecule has 0 saturated carbocycles. The van der Waals surface area contributed by atoms with Crippen molar-refractivity contribution >= 4 is 27.6 Å². The average molecular weight is 271 g/mol. The van der Waals surface area contributed by atoms with Crippen molar-refractivity contribution in [2.24, 2.45) is 0 Å². The summed E-state index contributed by atoms with van der Waals surface area (Å²) < 4.78 is 1.05. The Kier molecular flexibility index (Phi) is 4.15. The first-order valence-corrected chi connectivity index (χ1v) is 5.62. The fourth-order valence-electron chi connectivity index (χ4n) is 1.08. The van der Waals surface area contributed by atoms with E-state index in [9.17, 15) is 4.79 Å². The summed E-state index contributed by atoms with van der Waals surface area (Å²) in [4.78, 5) is 13.2. The molecule has 0 aliphatic heterocycles. The number of urea groups is 1. The van der Waals surface area contributed by atoms with Gasteiger partial charge in [-0.15, -0.1) is 0 Å². The second-order valence-corrected chi connectivity index (χ2v) is 4.26. The lowest BCUT2D eigenvalue weighted by Gasteiger charge is -2.15. The third kappa shape index (κ3) is 3.23. The molecule has 0 unspecified atom stereocenters. The summed E-state index contributed by atoms with van der Waals surface area (Å²) >= 11 is 3.42. The number of carbonyl (C=O) groups excluding carboxylic acids is 1. The van der Waals surface area contributed by atoms with E-state index in [4.69, 9.17) is 0 Å². The molecule has 0 fully saturated rings. The topological polar surface area (TPSA) is 32.3 Å². The molecule has 2 amide bonds. The molecule has 0 aliphatic rings. The van der Waals surface area contributed by atoms with Crippen molar-refractivity contribution in [2.45, 2.75) is 13.8 Å². The van der Waals surface area contributed by atoms with E-state index in [0.717, 1.165) is 15.7 Å². The normalized spacial score (nSPS) is 9.87. The molecule has 0 bridgehead atoms. The zero-order chi connectivity index (χ0) is 11.4. The number of amides is 2. The Morgan fingerprint density at radius 2 is 2.20 bits per heavy atom. The van der Waals surface area contributed by atoms with Gasteiger partial charge in [-0.25, -0.2) is 4.79 Å². The molecule has 1 rings (SSSR count). The molecule has 15 heavy (non-hydrogen) atoms. The fraction of sp³-hybridized carbons (Fsp3) is 0.364. The highest BCUT2D eigenvalue weighted by molar-refractivity contribution is 9.10. The molecule has 0 aromatic heterocycles. The van der Waals surface area contributed by atoms with Gasteiger partial charge in [0.1, 0.15) is 0 Å². The molecule has 0 saturated heterocycles. The lowest BCUT2D eigenvalue weighted by Crippen LogP contribution is -2.30. The van der Waals surface area contributed by atoms with Crippen LogP contribution in [0.5, 0.6) is 0 Å². The summed E-state index contributed by atoms with van der Waals surface area (Å²) in [5, 5.41) is 2.83. The number of halogens is 1. The van der Waals surface area contributed by atoms with Gasteiger partial charge in [-0.3, -0.25) is 0 Å². The van der Waals surface area contributed by atoms with Crippen LogP contribution in [0.1, 0.15) is 12.5 Å². The van der Waals surface area contributed by atoms with Crippen LogP contribution in [0, 0.1) is 6.92 Å². The third-order valence-corrected chi connectivity index (χ3v) is 3.12. The van der Waals surface area contributed by atoms with Crippen molar-refractivity contribution in [3.05, 3.63) is 28.2 Å². The molecule has 4 heteroatoms. The number of carbonyl (C=O) groups is 1. The van der Waals surface area contributed by atoms with E-state index < -0.39 is 0 Å². The van der Waals surface area contributed by atoms with E-state index in [0.29, 0.717) is 6.54 Å². The summed E-state index contributed by atoms with van der Waals surface area (Å²) in [7, 11) is 1.76. The Morgan fingerprint density at radius 3 is 2.73 bits per heavy atom. The highest BCUT2D eigenvalue weighted by Gasteiger charge is 2.06. The quantitative estimate of drug-likeness (QED) is 0.879. The van der Waals surface area contributed by atoms with Gasteiger partial charge in [0.05, 0.1) is 0 Å². The molecule has 1 aromatic carbocycles. The van der Waals surface area contributed by atoms with E-state index >= 15 is 0 Å². The van der Waals surface area contributed by atoms with Crippen LogP contribution in [-0.2, 0) is 0 Å². The zero-order valence-electron chi connectivity index (χ0n) is 9.17. The van der Waals surface area contributed by atoms with Crippen LogP contribution < -0.4 is 5.32 Å². The fourth-order valence-corrected chi connectivity index (χ4v) is 1.33. The van der Waals surface area contributed by atoms with Crippen molar-refractivity contribution in [2.75, 3.05) is 18.9 Å². The van der Waals surface area contributed by atoms with Crippen LogP contribution in [0.4, 0.5) is 10.5 Å². The zero-order valence-corrected chi connectivity index (χ0v) is 10.8. The predicted molar refractivity (Wildman–Crippen MR) is 66.2 cm³/mol. The highest BCUT2D eigenvalue weighted by Crippen LogP contribution is 2.20. The van der Waals surface area contributed by atoms with Gasteiger partial charge in [0.2, 0.25) is 0 Å². The monoisotopic (exact) mass is 270 g/mol. The molecule has 0 heterocycles. The predicted octanol–water partition coefficient (Wildman–Crippen LogP) is 3.24. The van der Waals surface area contributed by atoms with Gasteiger partial charge in [0.25, 0.3) is 0 Å². The molecular formula is C11H15BrN2O. The van der Waals surface area contributed by atoms with Crippen molar-refractivity contribution in [3.8, 4) is 0 Å². The number of anilines is 1. The van der Waals surface area contributed by atoms with Crippen molar-refractivity contribution in [1.82, 2.24) is 4.90 Å². The Balaban J connectivity index is 2.73. The van der Waals surface area contributed by atoms with Crippen LogP contribution in [0.2, 0.25) is 0 Å². The Bertz CT molecular complexity index is 366. The first-order chi connectivity index (χ1) is 7.04. The van der Waals surface area contributed by atoms with Gasteiger partial charge in [-0.05, 0) is 37.6 Å². The van der Waals surface area contributed by atoms with Crippen molar-refractivity contribution in [1.29, 1.82) is 0 Å². The van der Waals surface area contributed by atoms with E-state index in [1.807, 2.05) is 32.0 Å². The summed E-state index contributed by atoms with van der Waals surface area (Å²) in [5.41, 5.74) is 1.92. The van der Waals surface area contributed by atoms with Crippen LogP contribution in [0.15, 0.2) is 22.7 Å². The Morgan fingerprint density at radius 1 is 1.53 bits per heavy atom. The largest absolute Gasteiger partial charge is 0.328 e. The van der Waals surface area contributed by atoms with Gasteiger partial charge in [-0.2, -0.15) is 0 Å². The van der Waals surface area contributed by atoms with Gasteiger partial charge < -0.3 is 10.2 Å². The summed E-state index contributed by atoms with van der Waals surface area (Å²) in [5.74, 6) is 0. The average Bonchev–Trinajstić information content (AvgIpc) is 2.22. The third-order valence-electron chi connectivity index (χ3n) is 2.23. The molecule has 0 atom stereocenters. The van der Waals surface area contributed by atoms with Crippen LogP contribution in [0.25, 0.3) is 0 Å². The number of rotatable bonds is 2.